The molecule has 0 radical (unpaired) electrons. The van der Waals surface area contributed by atoms with Gasteiger partial charge in [0.05, 0.1) is 5.75 Å². The van der Waals surface area contributed by atoms with Gasteiger partial charge in [0.2, 0.25) is 10.0 Å². The standard InChI is InChI=1S/C7H9N5O2S2/c8-16(13,14)4-3-15-7-6-11-10-5-12(6)2-1-9-7/h1-2,5H,3-4H2,(H2,8,13,14). The first-order valence-electron chi connectivity index (χ1n) is 4.34. The van der Waals surface area contributed by atoms with Gasteiger partial charge in [-0.05, 0) is 0 Å². The van der Waals surface area contributed by atoms with Crippen LogP contribution in [-0.4, -0.2) is 39.5 Å². The van der Waals surface area contributed by atoms with Crippen LogP contribution in [0.5, 0.6) is 0 Å². The Bertz CT molecular complexity index is 594. The van der Waals surface area contributed by atoms with Crippen LogP contribution in [0, 0.1) is 0 Å². The Hall–Kier alpha value is -1.19. The third-order valence-electron chi connectivity index (χ3n) is 1.79. The molecular weight excluding hydrogens is 250 g/mol. The molecule has 0 aliphatic carbocycles. The van der Waals surface area contributed by atoms with Crippen LogP contribution in [-0.2, 0) is 10.0 Å². The topological polar surface area (TPSA) is 103 Å². The van der Waals surface area contributed by atoms with Crippen LogP contribution >= 0.6 is 11.8 Å². The number of nitrogens with two attached hydrogens (primary N) is 1. The van der Waals surface area contributed by atoms with Gasteiger partial charge in [-0.2, -0.15) is 0 Å². The summed E-state index contributed by atoms with van der Waals surface area (Å²) in [7, 11) is -3.43. The van der Waals surface area contributed by atoms with Crippen molar-refractivity contribution < 1.29 is 8.42 Å². The molecule has 2 rings (SSSR count). The number of hydrogen-bond donors (Lipinski definition) is 1. The Morgan fingerprint density at radius 1 is 1.50 bits per heavy atom. The third kappa shape index (κ3) is 2.68. The Morgan fingerprint density at radius 3 is 3.06 bits per heavy atom. The quantitative estimate of drug-likeness (QED) is 0.743. The zero-order valence-corrected chi connectivity index (χ0v) is 9.78. The van der Waals surface area contributed by atoms with Crippen molar-refractivity contribution in [2.75, 3.05) is 11.5 Å². The number of aromatic nitrogens is 4. The maximum absolute atomic E-state index is 10.7. The largest absolute Gasteiger partial charge is 0.285 e. The van der Waals surface area contributed by atoms with Crippen molar-refractivity contribution in [2.24, 2.45) is 5.14 Å². The van der Waals surface area contributed by atoms with E-state index in [2.05, 4.69) is 15.2 Å². The molecule has 0 atom stereocenters. The van der Waals surface area contributed by atoms with Crippen molar-refractivity contribution >= 4 is 27.4 Å². The lowest BCUT2D eigenvalue weighted by Crippen LogP contribution is -2.17. The van der Waals surface area contributed by atoms with Crippen molar-refractivity contribution in [1.82, 2.24) is 19.6 Å². The lowest BCUT2D eigenvalue weighted by molar-refractivity contribution is 0.599. The fourth-order valence-electron chi connectivity index (χ4n) is 1.09. The third-order valence-corrected chi connectivity index (χ3v) is 3.79. The van der Waals surface area contributed by atoms with Gasteiger partial charge in [-0.3, -0.25) is 4.40 Å². The molecule has 0 aromatic carbocycles. The smallest absolute Gasteiger partial charge is 0.209 e. The van der Waals surface area contributed by atoms with Crippen LogP contribution < -0.4 is 5.14 Å². The maximum atomic E-state index is 10.7. The molecule has 0 aliphatic rings. The molecule has 2 heterocycles. The second-order valence-electron chi connectivity index (χ2n) is 3.01. The summed E-state index contributed by atoms with van der Waals surface area (Å²) in [5, 5.41) is 13.2. The van der Waals surface area contributed by atoms with Crippen LogP contribution in [0.25, 0.3) is 5.65 Å². The van der Waals surface area contributed by atoms with Crippen molar-refractivity contribution in [2.45, 2.75) is 5.03 Å². The monoisotopic (exact) mass is 259 g/mol. The molecular formula is C7H9N5O2S2. The summed E-state index contributed by atoms with van der Waals surface area (Å²) in [5.74, 6) is 0.257. The summed E-state index contributed by atoms with van der Waals surface area (Å²) in [6, 6.07) is 0. The number of rotatable bonds is 4. The predicted octanol–water partition coefficient (Wildman–Crippen LogP) is -0.495. The Labute approximate surface area is 96.1 Å². The zero-order valence-electron chi connectivity index (χ0n) is 8.15. The first kappa shape index (κ1) is 11.3. The molecule has 0 saturated carbocycles. The fraction of sp³-hybridized carbons (Fsp3) is 0.286. The Kier molecular flexibility index (Phi) is 3.08. The lowest BCUT2D eigenvalue weighted by Gasteiger charge is -2.00. The normalized spacial score (nSPS) is 12.1. The summed E-state index contributed by atoms with van der Waals surface area (Å²) < 4.78 is 23.2. The van der Waals surface area contributed by atoms with Crippen molar-refractivity contribution in [1.29, 1.82) is 0 Å². The van der Waals surface area contributed by atoms with Gasteiger partial charge in [-0.25, -0.2) is 18.5 Å². The molecule has 9 heteroatoms. The summed E-state index contributed by atoms with van der Waals surface area (Å²) in [5.41, 5.74) is 0.613. The van der Waals surface area contributed by atoms with E-state index < -0.39 is 10.0 Å². The highest BCUT2D eigenvalue weighted by atomic mass is 32.2. The fourth-order valence-corrected chi connectivity index (χ4v) is 2.96. The SMILES string of the molecule is NS(=O)(=O)CCSc1nccn2cnnc12. The van der Waals surface area contributed by atoms with Crippen molar-refractivity contribution in [3.05, 3.63) is 18.7 Å². The molecule has 0 spiro atoms. The molecule has 2 aromatic heterocycles. The molecule has 0 fully saturated rings. The predicted molar refractivity (Wildman–Crippen MR) is 59.5 cm³/mol. The first-order chi connectivity index (χ1) is 7.56. The molecule has 2 N–H and O–H groups in total. The average molecular weight is 259 g/mol. The van der Waals surface area contributed by atoms with E-state index in [1.807, 2.05) is 0 Å². The molecule has 0 amide bonds. The maximum Gasteiger partial charge on any atom is 0.209 e. The van der Waals surface area contributed by atoms with Gasteiger partial charge in [0.1, 0.15) is 11.4 Å². The van der Waals surface area contributed by atoms with E-state index in [0.717, 1.165) is 0 Å². The molecule has 0 saturated heterocycles. The first-order valence-corrected chi connectivity index (χ1v) is 7.04. The summed E-state index contributed by atoms with van der Waals surface area (Å²) in [4.78, 5) is 4.10. The minimum atomic E-state index is -3.43. The number of thioether (sulfide) groups is 1. The Morgan fingerprint density at radius 2 is 2.31 bits per heavy atom. The highest BCUT2D eigenvalue weighted by Gasteiger charge is 2.08. The van der Waals surface area contributed by atoms with Crippen LogP contribution in [0.2, 0.25) is 0 Å². The van der Waals surface area contributed by atoms with E-state index in [0.29, 0.717) is 16.4 Å². The van der Waals surface area contributed by atoms with Crippen molar-refractivity contribution in [3.63, 3.8) is 0 Å². The highest BCUT2D eigenvalue weighted by Crippen LogP contribution is 2.18. The number of nitrogens with zero attached hydrogens (tertiary/aromatic N) is 4. The molecule has 2 aromatic rings. The zero-order chi connectivity index (χ0) is 11.6. The molecule has 0 unspecified atom stereocenters. The van der Waals surface area contributed by atoms with Gasteiger partial charge in [0, 0.05) is 18.1 Å². The number of sulfonamides is 1. The van der Waals surface area contributed by atoms with Gasteiger partial charge >= 0.3 is 0 Å². The lowest BCUT2D eigenvalue weighted by atomic mass is 10.7. The van der Waals surface area contributed by atoms with Gasteiger partial charge < -0.3 is 0 Å². The Balaban J connectivity index is 2.12. The molecule has 16 heavy (non-hydrogen) atoms. The second-order valence-corrected chi connectivity index (χ2v) is 5.83. The summed E-state index contributed by atoms with van der Waals surface area (Å²) in [6.07, 6.45) is 4.88. The molecule has 86 valence electrons. The van der Waals surface area contributed by atoms with E-state index in [1.54, 1.807) is 23.1 Å². The molecule has 7 nitrogen and oxygen atoms in total. The van der Waals surface area contributed by atoms with E-state index in [1.165, 1.54) is 11.8 Å². The average Bonchev–Trinajstić information content (AvgIpc) is 2.64. The number of hydrogen-bond acceptors (Lipinski definition) is 6. The van der Waals surface area contributed by atoms with E-state index in [-0.39, 0.29) is 5.75 Å². The van der Waals surface area contributed by atoms with Crippen molar-refractivity contribution in [3.8, 4) is 0 Å². The molecule has 0 aliphatic heterocycles. The van der Waals surface area contributed by atoms with E-state index in [9.17, 15) is 8.42 Å². The number of primary sulfonamides is 1. The van der Waals surface area contributed by atoms with Gasteiger partial charge in [-0.1, -0.05) is 0 Å². The highest BCUT2D eigenvalue weighted by molar-refractivity contribution is 8.00. The summed E-state index contributed by atoms with van der Waals surface area (Å²) >= 11 is 1.29. The second kappa shape index (κ2) is 4.36. The van der Waals surface area contributed by atoms with Crippen LogP contribution in [0.4, 0.5) is 0 Å². The van der Waals surface area contributed by atoms with Crippen LogP contribution in [0.3, 0.4) is 0 Å². The van der Waals surface area contributed by atoms with E-state index in [4.69, 9.17) is 5.14 Å². The van der Waals surface area contributed by atoms with E-state index >= 15 is 0 Å². The number of fused-ring (bicyclic) bond motifs is 1. The van der Waals surface area contributed by atoms with Crippen LogP contribution in [0.1, 0.15) is 0 Å². The molecule has 0 bridgehead atoms. The minimum absolute atomic E-state index is 0.0888. The minimum Gasteiger partial charge on any atom is -0.285 e. The van der Waals surface area contributed by atoms with Gasteiger partial charge in [0.25, 0.3) is 0 Å². The summed E-state index contributed by atoms with van der Waals surface area (Å²) in [6.45, 7) is 0. The van der Waals surface area contributed by atoms with Crippen LogP contribution in [0.15, 0.2) is 23.7 Å². The van der Waals surface area contributed by atoms with Gasteiger partial charge in [-0.15, -0.1) is 22.0 Å². The van der Waals surface area contributed by atoms with Gasteiger partial charge in [0.15, 0.2) is 5.65 Å².